The second kappa shape index (κ2) is 6.85. The van der Waals surface area contributed by atoms with Gasteiger partial charge in [-0.3, -0.25) is 9.89 Å². The fourth-order valence-corrected chi connectivity index (χ4v) is 2.83. The number of hydrogen-bond acceptors (Lipinski definition) is 3. The lowest BCUT2D eigenvalue weighted by Crippen LogP contribution is -2.20. The number of nitrogens with one attached hydrogen (secondary N) is 1. The van der Waals surface area contributed by atoms with Crippen molar-refractivity contribution in [3.8, 4) is 0 Å². The zero-order chi connectivity index (χ0) is 13.7. The van der Waals surface area contributed by atoms with E-state index in [-0.39, 0.29) is 0 Å². The van der Waals surface area contributed by atoms with Gasteiger partial charge >= 0.3 is 0 Å². The van der Waals surface area contributed by atoms with Crippen molar-refractivity contribution in [1.29, 1.82) is 0 Å². The maximum absolute atomic E-state index is 11.3. The minimum absolute atomic E-state index is 0.414. The highest BCUT2D eigenvalue weighted by Gasteiger charge is 2.23. The Morgan fingerprint density at radius 1 is 1.42 bits per heavy atom. The highest BCUT2D eigenvalue weighted by molar-refractivity contribution is 5.79. The van der Waals surface area contributed by atoms with E-state index in [1.54, 1.807) is 0 Å². The lowest BCUT2D eigenvalue weighted by atomic mass is 9.85. The first-order valence-electron chi connectivity index (χ1n) is 7.43. The third-order valence-corrected chi connectivity index (χ3v) is 4.04. The Labute approximate surface area is 115 Å². The standard InChI is InChI=1S/C15H25N3O/c1-3-4-9-18(2)11-13-10-16-17-15(13)12-5-7-14(19)8-6-12/h10,12H,3-9,11H2,1-2H3,(H,16,17). The van der Waals surface area contributed by atoms with E-state index in [1.807, 2.05) is 6.20 Å². The van der Waals surface area contributed by atoms with E-state index < -0.39 is 0 Å². The van der Waals surface area contributed by atoms with E-state index in [2.05, 4.69) is 29.1 Å². The topological polar surface area (TPSA) is 49.0 Å². The fourth-order valence-electron chi connectivity index (χ4n) is 2.83. The minimum atomic E-state index is 0.414. The third-order valence-electron chi connectivity index (χ3n) is 4.04. The summed E-state index contributed by atoms with van der Waals surface area (Å²) in [6.45, 7) is 4.30. The zero-order valence-electron chi connectivity index (χ0n) is 12.1. The summed E-state index contributed by atoms with van der Waals surface area (Å²) >= 11 is 0. The van der Waals surface area contributed by atoms with Gasteiger partial charge < -0.3 is 4.90 Å². The van der Waals surface area contributed by atoms with Crippen LogP contribution in [0.3, 0.4) is 0 Å². The molecule has 0 amide bonds. The molecule has 1 aliphatic rings. The number of hydrogen-bond donors (Lipinski definition) is 1. The lowest BCUT2D eigenvalue weighted by Gasteiger charge is -2.22. The summed E-state index contributed by atoms with van der Waals surface area (Å²) in [5.74, 6) is 0.909. The Hall–Kier alpha value is -1.16. The molecule has 0 saturated heterocycles. The molecule has 4 nitrogen and oxygen atoms in total. The maximum Gasteiger partial charge on any atom is 0.132 e. The second-order valence-electron chi connectivity index (χ2n) is 5.71. The number of H-pyrrole nitrogens is 1. The van der Waals surface area contributed by atoms with Crippen LogP contribution in [0.2, 0.25) is 0 Å². The quantitative estimate of drug-likeness (QED) is 0.858. The zero-order valence-corrected chi connectivity index (χ0v) is 12.1. The molecule has 19 heavy (non-hydrogen) atoms. The molecule has 1 aromatic rings. The molecule has 0 spiro atoms. The molecule has 0 aliphatic heterocycles. The molecule has 0 atom stereocenters. The number of nitrogens with zero attached hydrogens (tertiary/aromatic N) is 2. The summed E-state index contributed by atoms with van der Waals surface area (Å²) in [6, 6.07) is 0. The van der Waals surface area contributed by atoms with Crippen LogP contribution in [-0.2, 0) is 11.3 Å². The largest absolute Gasteiger partial charge is 0.302 e. The molecule has 1 fully saturated rings. The van der Waals surface area contributed by atoms with Crippen LogP contribution >= 0.6 is 0 Å². The SMILES string of the molecule is CCCCN(C)Cc1cn[nH]c1C1CCC(=O)CC1. The van der Waals surface area contributed by atoms with Crippen molar-refractivity contribution in [1.82, 2.24) is 15.1 Å². The monoisotopic (exact) mass is 263 g/mol. The highest BCUT2D eigenvalue weighted by atomic mass is 16.1. The van der Waals surface area contributed by atoms with Crippen molar-refractivity contribution in [2.24, 2.45) is 0 Å². The van der Waals surface area contributed by atoms with Gasteiger partial charge in [0, 0.05) is 36.6 Å². The van der Waals surface area contributed by atoms with Gasteiger partial charge in [-0.1, -0.05) is 13.3 Å². The van der Waals surface area contributed by atoms with Gasteiger partial charge in [-0.25, -0.2) is 0 Å². The van der Waals surface area contributed by atoms with Crippen molar-refractivity contribution in [2.45, 2.75) is 57.9 Å². The Morgan fingerprint density at radius 3 is 2.84 bits per heavy atom. The molecule has 1 heterocycles. The average Bonchev–Trinajstić information content (AvgIpc) is 2.85. The molecule has 106 valence electrons. The smallest absolute Gasteiger partial charge is 0.132 e. The van der Waals surface area contributed by atoms with Gasteiger partial charge in [0.05, 0.1) is 6.20 Å². The summed E-state index contributed by atoms with van der Waals surface area (Å²) in [7, 11) is 2.16. The van der Waals surface area contributed by atoms with Gasteiger partial charge in [0.25, 0.3) is 0 Å². The van der Waals surface area contributed by atoms with Gasteiger partial charge in [-0.15, -0.1) is 0 Å². The molecule has 0 aromatic carbocycles. The van der Waals surface area contributed by atoms with E-state index in [1.165, 1.54) is 24.1 Å². The molecule has 0 unspecified atom stereocenters. The molecule has 2 rings (SSSR count). The van der Waals surface area contributed by atoms with Crippen LogP contribution in [0.25, 0.3) is 0 Å². The summed E-state index contributed by atoms with van der Waals surface area (Å²) in [6.07, 6.45) is 7.84. The van der Waals surface area contributed by atoms with Crippen LogP contribution in [-0.4, -0.2) is 34.5 Å². The van der Waals surface area contributed by atoms with Crippen molar-refractivity contribution in [2.75, 3.05) is 13.6 Å². The third kappa shape index (κ3) is 3.90. The maximum atomic E-state index is 11.3. The average molecular weight is 263 g/mol. The molecule has 0 bridgehead atoms. The predicted molar refractivity (Wildman–Crippen MR) is 76.0 cm³/mol. The van der Waals surface area contributed by atoms with Gasteiger partial charge in [-0.05, 0) is 32.9 Å². The van der Waals surface area contributed by atoms with Crippen molar-refractivity contribution in [3.05, 3.63) is 17.5 Å². The van der Waals surface area contributed by atoms with E-state index in [9.17, 15) is 4.79 Å². The normalized spacial score (nSPS) is 17.3. The Kier molecular flexibility index (Phi) is 5.14. The van der Waals surface area contributed by atoms with E-state index >= 15 is 0 Å². The van der Waals surface area contributed by atoms with Crippen LogP contribution in [0.4, 0.5) is 0 Å². The number of aromatic amines is 1. The van der Waals surface area contributed by atoms with Crippen LogP contribution in [0, 0.1) is 0 Å². The van der Waals surface area contributed by atoms with Crippen molar-refractivity contribution in [3.63, 3.8) is 0 Å². The number of carbonyl (C=O) groups is 1. The summed E-state index contributed by atoms with van der Waals surface area (Å²) in [4.78, 5) is 13.7. The first-order chi connectivity index (χ1) is 9.20. The Morgan fingerprint density at radius 2 is 2.16 bits per heavy atom. The van der Waals surface area contributed by atoms with Gasteiger partial charge in [0.15, 0.2) is 0 Å². The molecule has 1 aliphatic carbocycles. The van der Waals surface area contributed by atoms with E-state index in [4.69, 9.17) is 0 Å². The fraction of sp³-hybridized carbons (Fsp3) is 0.733. The lowest BCUT2D eigenvalue weighted by molar-refractivity contribution is -0.120. The Bertz CT molecular complexity index is 403. The molecule has 1 N–H and O–H groups in total. The first kappa shape index (κ1) is 14.3. The number of unbranched alkanes of at least 4 members (excludes halogenated alkanes) is 1. The van der Waals surface area contributed by atoms with Crippen LogP contribution in [0.1, 0.15) is 62.6 Å². The first-order valence-corrected chi connectivity index (χ1v) is 7.43. The van der Waals surface area contributed by atoms with E-state index in [0.717, 1.165) is 38.8 Å². The number of rotatable bonds is 6. The molecular formula is C15H25N3O. The number of ketones is 1. The summed E-state index contributed by atoms with van der Waals surface area (Å²) < 4.78 is 0. The second-order valence-corrected chi connectivity index (χ2v) is 5.71. The molecule has 1 aromatic heterocycles. The van der Waals surface area contributed by atoms with Gasteiger partial charge in [-0.2, -0.15) is 5.10 Å². The minimum Gasteiger partial charge on any atom is -0.302 e. The molecule has 0 radical (unpaired) electrons. The molecule has 1 saturated carbocycles. The highest BCUT2D eigenvalue weighted by Crippen LogP contribution is 2.32. The predicted octanol–water partition coefficient (Wildman–Crippen LogP) is 2.87. The molecule has 4 heteroatoms. The van der Waals surface area contributed by atoms with Crippen molar-refractivity contribution < 1.29 is 4.79 Å². The Balaban J connectivity index is 1.95. The van der Waals surface area contributed by atoms with Crippen LogP contribution in [0.15, 0.2) is 6.20 Å². The number of aromatic nitrogens is 2. The van der Waals surface area contributed by atoms with Gasteiger partial charge in [0.2, 0.25) is 0 Å². The van der Waals surface area contributed by atoms with Crippen LogP contribution in [0.5, 0.6) is 0 Å². The van der Waals surface area contributed by atoms with Crippen LogP contribution < -0.4 is 0 Å². The van der Waals surface area contributed by atoms with Crippen molar-refractivity contribution >= 4 is 5.78 Å². The summed E-state index contributed by atoms with van der Waals surface area (Å²) in [5, 5.41) is 7.38. The summed E-state index contributed by atoms with van der Waals surface area (Å²) in [5.41, 5.74) is 2.56. The van der Waals surface area contributed by atoms with E-state index in [0.29, 0.717) is 11.7 Å². The number of carbonyl (C=O) groups excluding carboxylic acids is 1. The number of Topliss-reactive ketones (excluding diaryl/α,β-unsaturated/α-hetero) is 1. The van der Waals surface area contributed by atoms with Gasteiger partial charge in [0.1, 0.15) is 5.78 Å². The molecular weight excluding hydrogens is 238 g/mol.